The van der Waals surface area contributed by atoms with Crippen LogP contribution in [0.4, 0.5) is 5.69 Å². The molecular formula is C23H20ClN3S. The van der Waals surface area contributed by atoms with Crippen LogP contribution in [0.15, 0.2) is 67.1 Å². The lowest BCUT2D eigenvalue weighted by Crippen LogP contribution is -2.52. The van der Waals surface area contributed by atoms with Gasteiger partial charge in [-0.05, 0) is 55.1 Å². The summed E-state index contributed by atoms with van der Waals surface area (Å²) >= 11 is 12.2. The van der Waals surface area contributed by atoms with Gasteiger partial charge < -0.3 is 5.32 Å². The van der Waals surface area contributed by atoms with Gasteiger partial charge in [0, 0.05) is 27.7 Å². The number of aromatic nitrogens is 1. The molecule has 1 saturated heterocycles. The molecule has 5 rings (SSSR count). The fourth-order valence-corrected chi connectivity index (χ4v) is 5.47. The summed E-state index contributed by atoms with van der Waals surface area (Å²) in [7, 11) is 0. The molecule has 28 heavy (non-hydrogen) atoms. The molecule has 1 spiro atoms. The molecule has 1 aliphatic heterocycles. The van der Waals surface area contributed by atoms with Crippen LogP contribution in [0, 0.1) is 6.92 Å². The normalized spacial score (nSPS) is 23.9. The van der Waals surface area contributed by atoms with Gasteiger partial charge in [-0.25, -0.2) is 0 Å². The van der Waals surface area contributed by atoms with E-state index in [9.17, 15) is 0 Å². The average Bonchev–Trinajstić information content (AvgIpc) is 2.91. The first-order valence-electron chi connectivity index (χ1n) is 9.39. The molecule has 3 nitrogen and oxygen atoms in total. The van der Waals surface area contributed by atoms with Crippen LogP contribution in [0.2, 0.25) is 5.02 Å². The number of hydrogen-bond donors (Lipinski definition) is 1. The lowest BCUT2D eigenvalue weighted by molar-refractivity contribution is 0.233. The fourth-order valence-electron chi connectivity index (χ4n) is 4.69. The Hall–Kier alpha value is -2.43. The predicted molar refractivity (Wildman–Crippen MR) is 120 cm³/mol. The Morgan fingerprint density at radius 1 is 1.18 bits per heavy atom. The van der Waals surface area contributed by atoms with Crippen molar-refractivity contribution in [3.8, 4) is 0 Å². The van der Waals surface area contributed by atoms with Crippen LogP contribution < -0.4 is 10.2 Å². The molecule has 2 aromatic carbocycles. The van der Waals surface area contributed by atoms with Gasteiger partial charge in [-0.15, -0.1) is 0 Å². The molecule has 1 N–H and O–H groups in total. The zero-order chi connectivity index (χ0) is 19.5. The molecule has 2 fully saturated rings. The molecular weight excluding hydrogens is 386 g/mol. The summed E-state index contributed by atoms with van der Waals surface area (Å²) in [5.41, 5.74) is 4.27. The Kier molecular flexibility index (Phi) is 3.97. The SMILES string of the molecule is C=C1N(c2cncc3ccccc23)C(=S)NC12CC(c1c(C)cccc1Cl)C2. The number of benzene rings is 2. The van der Waals surface area contributed by atoms with Gasteiger partial charge in [0.15, 0.2) is 5.11 Å². The van der Waals surface area contributed by atoms with Gasteiger partial charge in [0.2, 0.25) is 0 Å². The second-order valence-electron chi connectivity index (χ2n) is 7.75. The maximum Gasteiger partial charge on any atom is 0.178 e. The summed E-state index contributed by atoms with van der Waals surface area (Å²) in [6.45, 7) is 6.56. The Morgan fingerprint density at radius 2 is 1.96 bits per heavy atom. The summed E-state index contributed by atoms with van der Waals surface area (Å²) in [5.74, 6) is 0.409. The van der Waals surface area contributed by atoms with E-state index in [0.29, 0.717) is 11.0 Å². The van der Waals surface area contributed by atoms with Crippen molar-refractivity contribution in [2.45, 2.75) is 31.2 Å². The smallest absolute Gasteiger partial charge is 0.178 e. The van der Waals surface area contributed by atoms with E-state index < -0.39 is 0 Å². The molecule has 1 aliphatic carbocycles. The van der Waals surface area contributed by atoms with E-state index in [1.165, 1.54) is 11.1 Å². The van der Waals surface area contributed by atoms with Crippen molar-refractivity contribution in [2.24, 2.45) is 0 Å². The molecule has 0 bridgehead atoms. The van der Waals surface area contributed by atoms with E-state index in [0.717, 1.165) is 40.0 Å². The Labute approximate surface area is 175 Å². The second kappa shape index (κ2) is 6.29. The number of hydrogen-bond acceptors (Lipinski definition) is 2. The van der Waals surface area contributed by atoms with Gasteiger partial charge in [-0.2, -0.15) is 0 Å². The highest BCUT2D eigenvalue weighted by Gasteiger charge is 2.54. The molecule has 0 amide bonds. The predicted octanol–water partition coefficient (Wildman–Crippen LogP) is 5.72. The number of aryl methyl sites for hydroxylation is 1. The molecule has 2 aliphatic rings. The van der Waals surface area contributed by atoms with Gasteiger partial charge in [-0.1, -0.05) is 54.6 Å². The Bertz CT molecular complexity index is 1110. The van der Waals surface area contributed by atoms with Crippen molar-refractivity contribution in [1.82, 2.24) is 10.3 Å². The zero-order valence-electron chi connectivity index (χ0n) is 15.6. The molecule has 1 aromatic heterocycles. The Balaban J connectivity index is 1.48. The minimum Gasteiger partial charge on any atom is -0.351 e. The van der Waals surface area contributed by atoms with Crippen LogP contribution in [-0.2, 0) is 0 Å². The first kappa shape index (κ1) is 17.7. The largest absolute Gasteiger partial charge is 0.351 e. The van der Waals surface area contributed by atoms with Gasteiger partial charge in [0.25, 0.3) is 0 Å². The van der Waals surface area contributed by atoms with Crippen LogP contribution in [0.1, 0.15) is 29.9 Å². The first-order chi connectivity index (χ1) is 13.5. The van der Waals surface area contributed by atoms with E-state index >= 15 is 0 Å². The molecule has 0 radical (unpaired) electrons. The molecule has 3 aromatic rings. The minimum absolute atomic E-state index is 0.204. The van der Waals surface area contributed by atoms with Crippen molar-refractivity contribution in [3.05, 3.63) is 83.3 Å². The van der Waals surface area contributed by atoms with Crippen molar-refractivity contribution >= 4 is 45.4 Å². The highest BCUT2D eigenvalue weighted by Crippen LogP contribution is 2.54. The molecule has 1 saturated carbocycles. The topological polar surface area (TPSA) is 28.2 Å². The van der Waals surface area contributed by atoms with Gasteiger partial charge in [0.05, 0.1) is 17.4 Å². The molecule has 5 heteroatoms. The fraction of sp³-hybridized carbons (Fsp3) is 0.217. The average molecular weight is 406 g/mol. The van der Waals surface area contributed by atoms with Gasteiger partial charge >= 0.3 is 0 Å². The van der Waals surface area contributed by atoms with Crippen LogP contribution in [0.3, 0.4) is 0 Å². The number of nitrogens with zero attached hydrogens (tertiary/aromatic N) is 2. The van der Waals surface area contributed by atoms with Crippen LogP contribution in [0.5, 0.6) is 0 Å². The molecule has 0 atom stereocenters. The number of halogens is 1. The number of fused-ring (bicyclic) bond motifs is 1. The minimum atomic E-state index is -0.204. The molecule has 2 heterocycles. The highest BCUT2D eigenvalue weighted by molar-refractivity contribution is 7.80. The van der Waals surface area contributed by atoms with Crippen LogP contribution in [0.25, 0.3) is 10.8 Å². The van der Waals surface area contributed by atoms with Gasteiger partial charge in [-0.3, -0.25) is 9.88 Å². The molecule has 0 unspecified atom stereocenters. The first-order valence-corrected chi connectivity index (χ1v) is 10.2. The number of nitrogens with one attached hydrogen (secondary N) is 1. The summed E-state index contributed by atoms with van der Waals surface area (Å²) < 4.78 is 0. The van der Waals surface area contributed by atoms with E-state index in [4.69, 9.17) is 23.8 Å². The van der Waals surface area contributed by atoms with Crippen molar-refractivity contribution in [2.75, 3.05) is 4.90 Å². The van der Waals surface area contributed by atoms with Crippen molar-refractivity contribution < 1.29 is 0 Å². The summed E-state index contributed by atoms with van der Waals surface area (Å²) in [5, 5.41) is 7.31. The highest BCUT2D eigenvalue weighted by atomic mass is 35.5. The number of pyridine rings is 1. The standard InChI is InChI=1S/C23H20ClN3S/c1-14-6-5-9-19(24)21(14)17-10-23(11-17)15(2)27(22(28)26-23)20-13-25-12-16-7-3-4-8-18(16)20/h3-9,12-13,17H,2,10-11H2,1H3,(H,26,28). The lowest BCUT2D eigenvalue weighted by atomic mass is 9.64. The quantitative estimate of drug-likeness (QED) is 0.552. The molecule has 140 valence electrons. The number of thiocarbonyl (C=S) groups is 1. The monoisotopic (exact) mass is 405 g/mol. The third kappa shape index (κ3) is 2.48. The third-order valence-electron chi connectivity index (χ3n) is 6.13. The Morgan fingerprint density at radius 3 is 2.75 bits per heavy atom. The maximum absolute atomic E-state index is 6.50. The maximum atomic E-state index is 6.50. The van der Waals surface area contributed by atoms with E-state index in [-0.39, 0.29) is 5.54 Å². The van der Waals surface area contributed by atoms with Crippen LogP contribution >= 0.6 is 23.8 Å². The third-order valence-corrected chi connectivity index (χ3v) is 6.74. The van der Waals surface area contributed by atoms with Crippen LogP contribution in [-0.4, -0.2) is 15.6 Å². The zero-order valence-corrected chi connectivity index (χ0v) is 17.1. The summed E-state index contributed by atoms with van der Waals surface area (Å²) in [6.07, 6.45) is 5.62. The summed E-state index contributed by atoms with van der Waals surface area (Å²) in [6, 6.07) is 14.3. The van der Waals surface area contributed by atoms with E-state index in [2.05, 4.69) is 46.9 Å². The van der Waals surface area contributed by atoms with Gasteiger partial charge in [0.1, 0.15) is 0 Å². The lowest BCUT2D eigenvalue weighted by Gasteiger charge is -2.46. The number of anilines is 1. The van der Waals surface area contributed by atoms with Crippen molar-refractivity contribution in [3.63, 3.8) is 0 Å². The number of rotatable bonds is 2. The van der Waals surface area contributed by atoms with E-state index in [1.54, 1.807) is 0 Å². The second-order valence-corrected chi connectivity index (χ2v) is 8.54. The summed E-state index contributed by atoms with van der Waals surface area (Å²) in [4.78, 5) is 6.47. The van der Waals surface area contributed by atoms with Crippen molar-refractivity contribution in [1.29, 1.82) is 0 Å². The van der Waals surface area contributed by atoms with E-state index in [1.807, 2.05) is 36.7 Å².